The topological polar surface area (TPSA) is 71.5 Å². The second-order valence-electron chi connectivity index (χ2n) is 5.68. The summed E-state index contributed by atoms with van der Waals surface area (Å²) in [4.78, 5) is 29.8. The Morgan fingerprint density at radius 3 is 2.76 bits per heavy atom. The highest BCUT2D eigenvalue weighted by Gasteiger charge is 2.21. The van der Waals surface area contributed by atoms with Gasteiger partial charge in [0.05, 0.1) is 6.54 Å². The van der Waals surface area contributed by atoms with E-state index in [4.69, 9.17) is 16.3 Å². The molecule has 0 radical (unpaired) electrons. The van der Waals surface area contributed by atoms with Gasteiger partial charge in [0.1, 0.15) is 11.6 Å². The molecule has 0 spiro atoms. The summed E-state index contributed by atoms with van der Waals surface area (Å²) in [6, 6.07) is 10.4. The number of aromatic nitrogens is 1. The minimum atomic E-state index is -0.742. The summed E-state index contributed by atoms with van der Waals surface area (Å²) in [6.45, 7) is 3.43. The zero-order valence-corrected chi connectivity index (χ0v) is 15.1. The van der Waals surface area contributed by atoms with Crippen LogP contribution in [0.1, 0.15) is 12.5 Å². The first kappa shape index (κ1) is 18.7. The number of carbonyl (C=O) groups excluding carboxylic acids is 2. The Morgan fingerprint density at radius 2 is 2.08 bits per heavy atom. The van der Waals surface area contributed by atoms with Gasteiger partial charge in [0, 0.05) is 18.3 Å². The van der Waals surface area contributed by atoms with E-state index in [-0.39, 0.29) is 18.4 Å². The third kappa shape index (κ3) is 5.76. The molecule has 2 amide bonds. The van der Waals surface area contributed by atoms with Gasteiger partial charge in [-0.25, -0.2) is 4.98 Å². The van der Waals surface area contributed by atoms with Gasteiger partial charge >= 0.3 is 0 Å². The number of hydrogen-bond acceptors (Lipinski definition) is 4. The van der Waals surface area contributed by atoms with Crippen LogP contribution in [0.25, 0.3) is 0 Å². The predicted molar refractivity (Wildman–Crippen MR) is 96.8 cm³/mol. The molecule has 1 atom stereocenters. The fourth-order valence-electron chi connectivity index (χ4n) is 2.19. The maximum Gasteiger partial charge on any atom is 0.263 e. The number of amides is 2. The molecular weight excluding hydrogens is 342 g/mol. The van der Waals surface area contributed by atoms with Gasteiger partial charge < -0.3 is 15.0 Å². The van der Waals surface area contributed by atoms with Crippen LogP contribution in [0.2, 0.25) is 5.02 Å². The van der Waals surface area contributed by atoms with Crippen molar-refractivity contribution >= 4 is 29.2 Å². The standard InChI is InChI=1S/C18H20ClN3O3/c1-12-7-8-20-16(9-12)21-17(23)11-22(3)18(24)13(2)25-15-6-4-5-14(19)10-15/h4-10,13H,11H2,1-3H3,(H,20,21,23). The van der Waals surface area contributed by atoms with Crippen LogP contribution in [-0.2, 0) is 9.59 Å². The van der Waals surface area contributed by atoms with Gasteiger partial charge in [0.15, 0.2) is 6.10 Å². The molecule has 0 saturated carbocycles. The van der Waals surface area contributed by atoms with Crippen molar-refractivity contribution in [1.82, 2.24) is 9.88 Å². The first-order valence-corrected chi connectivity index (χ1v) is 8.12. The van der Waals surface area contributed by atoms with Gasteiger partial charge in [-0.15, -0.1) is 0 Å². The largest absolute Gasteiger partial charge is 0.481 e. The van der Waals surface area contributed by atoms with Gasteiger partial charge in [-0.3, -0.25) is 9.59 Å². The molecule has 25 heavy (non-hydrogen) atoms. The number of nitrogens with zero attached hydrogens (tertiary/aromatic N) is 2. The lowest BCUT2D eigenvalue weighted by atomic mass is 10.3. The average Bonchev–Trinajstić information content (AvgIpc) is 2.53. The summed E-state index contributed by atoms with van der Waals surface area (Å²) < 4.78 is 5.57. The summed E-state index contributed by atoms with van der Waals surface area (Å²) >= 11 is 5.89. The lowest BCUT2D eigenvalue weighted by molar-refractivity contribution is -0.139. The van der Waals surface area contributed by atoms with E-state index in [1.807, 2.05) is 13.0 Å². The average molecular weight is 362 g/mol. The van der Waals surface area contributed by atoms with E-state index in [9.17, 15) is 9.59 Å². The SMILES string of the molecule is Cc1ccnc(NC(=O)CN(C)C(=O)C(C)Oc2cccc(Cl)c2)c1. The lowest BCUT2D eigenvalue weighted by Gasteiger charge is -2.21. The Kier molecular flexibility index (Phi) is 6.36. The van der Waals surface area contributed by atoms with E-state index in [1.54, 1.807) is 50.5 Å². The molecule has 0 aliphatic carbocycles. The third-order valence-electron chi connectivity index (χ3n) is 3.40. The fourth-order valence-corrected chi connectivity index (χ4v) is 2.37. The summed E-state index contributed by atoms with van der Waals surface area (Å²) in [5, 5.41) is 3.19. The van der Waals surface area contributed by atoms with Crippen LogP contribution in [-0.4, -0.2) is 41.4 Å². The number of likely N-dealkylation sites (N-methyl/N-ethyl adjacent to an activating group) is 1. The van der Waals surface area contributed by atoms with Crippen molar-refractivity contribution in [3.8, 4) is 5.75 Å². The van der Waals surface area contributed by atoms with Gasteiger partial charge in [-0.2, -0.15) is 0 Å². The molecule has 2 rings (SSSR count). The van der Waals surface area contributed by atoms with E-state index in [0.29, 0.717) is 16.6 Å². The molecule has 132 valence electrons. The molecule has 0 aliphatic heterocycles. The quantitative estimate of drug-likeness (QED) is 0.858. The number of benzene rings is 1. The summed E-state index contributed by atoms with van der Waals surface area (Å²) in [5.41, 5.74) is 0.985. The van der Waals surface area contributed by atoms with Crippen LogP contribution in [0.3, 0.4) is 0 Å². The Balaban J connectivity index is 1.89. The Bertz CT molecular complexity index is 767. The van der Waals surface area contributed by atoms with Gasteiger partial charge in [0.2, 0.25) is 5.91 Å². The summed E-state index contributed by atoms with van der Waals surface area (Å²) in [5.74, 6) is 0.306. The number of aryl methyl sites for hydroxylation is 1. The van der Waals surface area contributed by atoms with Crippen molar-refractivity contribution in [2.45, 2.75) is 20.0 Å². The van der Waals surface area contributed by atoms with E-state index in [2.05, 4.69) is 10.3 Å². The van der Waals surface area contributed by atoms with Crippen molar-refractivity contribution in [3.63, 3.8) is 0 Å². The van der Waals surface area contributed by atoms with Crippen LogP contribution in [0.15, 0.2) is 42.6 Å². The van der Waals surface area contributed by atoms with Crippen LogP contribution < -0.4 is 10.1 Å². The molecule has 0 saturated heterocycles. The Morgan fingerprint density at radius 1 is 1.32 bits per heavy atom. The van der Waals surface area contributed by atoms with E-state index >= 15 is 0 Å². The molecule has 1 aromatic carbocycles. The van der Waals surface area contributed by atoms with E-state index < -0.39 is 6.10 Å². The number of pyridine rings is 1. The minimum Gasteiger partial charge on any atom is -0.481 e. The highest BCUT2D eigenvalue weighted by Crippen LogP contribution is 2.18. The highest BCUT2D eigenvalue weighted by molar-refractivity contribution is 6.30. The maximum atomic E-state index is 12.3. The molecule has 1 N–H and O–H groups in total. The van der Waals surface area contributed by atoms with Crippen LogP contribution in [0.4, 0.5) is 5.82 Å². The van der Waals surface area contributed by atoms with Gasteiger partial charge in [0.25, 0.3) is 5.91 Å². The number of nitrogens with one attached hydrogen (secondary N) is 1. The second-order valence-corrected chi connectivity index (χ2v) is 6.11. The maximum absolute atomic E-state index is 12.3. The first-order valence-electron chi connectivity index (χ1n) is 7.75. The zero-order chi connectivity index (χ0) is 18.4. The van der Waals surface area contributed by atoms with Crippen LogP contribution in [0.5, 0.6) is 5.75 Å². The Hall–Kier alpha value is -2.60. The van der Waals surface area contributed by atoms with E-state index in [1.165, 1.54) is 4.90 Å². The van der Waals surface area contributed by atoms with E-state index in [0.717, 1.165) is 5.56 Å². The van der Waals surface area contributed by atoms with Crippen molar-refractivity contribution in [3.05, 3.63) is 53.2 Å². The van der Waals surface area contributed by atoms with Crippen molar-refractivity contribution in [2.24, 2.45) is 0 Å². The molecule has 0 fully saturated rings. The molecule has 0 bridgehead atoms. The first-order chi connectivity index (χ1) is 11.8. The van der Waals surface area contributed by atoms with Crippen molar-refractivity contribution < 1.29 is 14.3 Å². The summed E-state index contributed by atoms with van der Waals surface area (Å²) in [7, 11) is 1.55. The monoisotopic (exact) mass is 361 g/mol. The molecule has 2 aromatic rings. The number of ether oxygens (including phenoxy) is 1. The Labute approximate surface area is 151 Å². The molecule has 1 unspecified atom stereocenters. The highest BCUT2D eigenvalue weighted by atomic mass is 35.5. The predicted octanol–water partition coefficient (Wildman–Crippen LogP) is 2.91. The number of rotatable bonds is 6. The van der Waals surface area contributed by atoms with Crippen molar-refractivity contribution in [2.75, 3.05) is 18.9 Å². The van der Waals surface area contributed by atoms with Crippen molar-refractivity contribution in [1.29, 1.82) is 0 Å². The summed E-state index contributed by atoms with van der Waals surface area (Å²) in [6.07, 6.45) is 0.870. The fraction of sp³-hybridized carbons (Fsp3) is 0.278. The molecular formula is C18H20ClN3O3. The smallest absolute Gasteiger partial charge is 0.263 e. The molecule has 6 nitrogen and oxygen atoms in total. The van der Waals surface area contributed by atoms with Gasteiger partial charge in [-0.1, -0.05) is 17.7 Å². The molecule has 1 aromatic heterocycles. The van der Waals surface area contributed by atoms with Crippen LogP contribution >= 0.6 is 11.6 Å². The van der Waals surface area contributed by atoms with Crippen LogP contribution in [0, 0.1) is 6.92 Å². The molecule has 1 heterocycles. The molecule has 0 aliphatic rings. The third-order valence-corrected chi connectivity index (χ3v) is 3.63. The zero-order valence-electron chi connectivity index (χ0n) is 14.3. The number of halogens is 1. The lowest BCUT2D eigenvalue weighted by Crippen LogP contribution is -2.42. The minimum absolute atomic E-state index is 0.0995. The number of hydrogen-bond donors (Lipinski definition) is 1. The number of carbonyl (C=O) groups is 2. The normalized spacial score (nSPS) is 11.5. The second kappa shape index (κ2) is 8.48. The van der Waals surface area contributed by atoms with Gasteiger partial charge in [-0.05, 0) is 49.7 Å². The number of anilines is 1. The molecule has 7 heteroatoms.